The summed E-state index contributed by atoms with van der Waals surface area (Å²) in [6, 6.07) is 7.44. The number of carboxylic acids is 1. The predicted octanol–water partition coefficient (Wildman–Crippen LogP) is 3.12. The van der Waals surface area contributed by atoms with Crippen molar-refractivity contribution >= 4 is 23.3 Å². The zero-order valence-corrected chi connectivity index (χ0v) is 15.6. The summed E-state index contributed by atoms with van der Waals surface area (Å²) in [6.07, 6.45) is 4.18. The molecule has 8 nitrogen and oxygen atoms in total. The highest BCUT2D eigenvalue weighted by molar-refractivity contribution is 5.93. The van der Waals surface area contributed by atoms with Gasteiger partial charge in [0.05, 0.1) is 5.69 Å². The number of nitrogens with zero attached hydrogens (tertiary/aromatic N) is 3. The number of carbonyl (C=O) groups is 1. The molecule has 8 heteroatoms. The van der Waals surface area contributed by atoms with Gasteiger partial charge in [-0.3, -0.25) is 0 Å². The van der Waals surface area contributed by atoms with Crippen LogP contribution in [0.3, 0.4) is 0 Å². The quantitative estimate of drug-likeness (QED) is 0.611. The first-order chi connectivity index (χ1) is 12.9. The first-order valence-electron chi connectivity index (χ1n) is 9.31. The van der Waals surface area contributed by atoms with E-state index >= 15 is 0 Å². The minimum absolute atomic E-state index is 0.0560. The molecular weight excluding hydrogens is 344 g/mol. The van der Waals surface area contributed by atoms with Gasteiger partial charge in [-0.25, -0.2) is 9.78 Å². The van der Waals surface area contributed by atoms with Crippen LogP contribution in [0.5, 0.6) is 0 Å². The summed E-state index contributed by atoms with van der Waals surface area (Å²) in [5.41, 5.74) is 7.30. The Morgan fingerprint density at radius 1 is 1.22 bits per heavy atom. The van der Waals surface area contributed by atoms with Crippen LogP contribution in [-0.2, 0) is 0 Å². The average Bonchev–Trinajstić information content (AvgIpc) is 2.64. The Labute approximate surface area is 158 Å². The molecular formula is C19H26N6O2. The van der Waals surface area contributed by atoms with Gasteiger partial charge in [-0.05, 0) is 30.9 Å². The first-order valence-corrected chi connectivity index (χ1v) is 9.31. The van der Waals surface area contributed by atoms with Gasteiger partial charge in [-0.15, -0.1) is 10.2 Å². The Kier molecular flexibility index (Phi) is 5.85. The van der Waals surface area contributed by atoms with Crippen LogP contribution in [0.4, 0.5) is 17.3 Å². The van der Waals surface area contributed by atoms with Gasteiger partial charge in [-0.2, -0.15) is 0 Å². The molecule has 27 heavy (non-hydrogen) atoms. The SMILES string of the molecule is CC(C)c1cccc(Nc2cc(N[C@@H]3CCCC[C@@H]3N)nnc2C(=O)O)n1. The normalized spacial score (nSPS) is 19.7. The Hall–Kier alpha value is -2.74. The minimum Gasteiger partial charge on any atom is -0.476 e. The van der Waals surface area contributed by atoms with Gasteiger partial charge in [-0.1, -0.05) is 32.8 Å². The molecule has 1 aliphatic rings. The summed E-state index contributed by atoms with van der Waals surface area (Å²) in [5, 5.41) is 23.7. The Morgan fingerprint density at radius 3 is 2.70 bits per heavy atom. The van der Waals surface area contributed by atoms with Crippen molar-refractivity contribution in [1.82, 2.24) is 15.2 Å². The van der Waals surface area contributed by atoms with Crippen molar-refractivity contribution in [2.24, 2.45) is 5.73 Å². The number of nitrogens with one attached hydrogen (secondary N) is 2. The molecule has 2 aromatic rings. The van der Waals surface area contributed by atoms with Crippen LogP contribution in [-0.4, -0.2) is 38.3 Å². The summed E-state index contributed by atoms with van der Waals surface area (Å²) in [6.45, 7) is 4.11. The van der Waals surface area contributed by atoms with Crippen molar-refractivity contribution < 1.29 is 9.90 Å². The van der Waals surface area contributed by atoms with Crippen molar-refractivity contribution in [3.05, 3.63) is 35.7 Å². The van der Waals surface area contributed by atoms with Crippen molar-refractivity contribution in [2.75, 3.05) is 10.6 Å². The summed E-state index contributed by atoms with van der Waals surface area (Å²) in [7, 11) is 0. The number of pyridine rings is 1. The fraction of sp³-hybridized carbons (Fsp3) is 0.474. The van der Waals surface area contributed by atoms with Gasteiger partial charge in [0.25, 0.3) is 0 Å². The van der Waals surface area contributed by atoms with E-state index < -0.39 is 5.97 Å². The molecule has 1 aliphatic carbocycles. The van der Waals surface area contributed by atoms with E-state index in [1.54, 1.807) is 12.1 Å². The van der Waals surface area contributed by atoms with Crippen LogP contribution < -0.4 is 16.4 Å². The summed E-state index contributed by atoms with van der Waals surface area (Å²) in [4.78, 5) is 16.1. The van der Waals surface area contributed by atoms with Gasteiger partial charge in [0.15, 0.2) is 11.5 Å². The Bertz CT molecular complexity index is 811. The lowest BCUT2D eigenvalue weighted by Crippen LogP contribution is -2.42. The third-order valence-electron chi connectivity index (χ3n) is 4.77. The highest BCUT2D eigenvalue weighted by atomic mass is 16.4. The van der Waals surface area contributed by atoms with Crippen LogP contribution in [0.2, 0.25) is 0 Å². The second-order valence-electron chi connectivity index (χ2n) is 7.22. The van der Waals surface area contributed by atoms with Gasteiger partial charge < -0.3 is 21.5 Å². The van der Waals surface area contributed by atoms with Crippen molar-refractivity contribution in [3.8, 4) is 0 Å². The van der Waals surface area contributed by atoms with Crippen molar-refractivity contribution in [1.29, 1.82) is 0 Å². The van der Waals surface area contributed by atoms with E-state index in [9.17, 15) is 9.90 Å². The highest BCUT2D eigenvalue weighted by Gasteiger charge is 2.23. The average molecular weight is 370 g/mol. The molecule has 0 spiro atoms. The van der Waals surface area contributed by atoms with E-state index in [2.05, 4.69) is 39.7 Å². The molecule has 1 saturated carbocycles. The maximum Gasteiger partial charge on any atom is 0.358 e. The van der Waals surface area contributed by atoms with Gasteiger partial charge in [0, 0.05) is 23.8 Å². The third kappa shape index (κ3) is 4.71. The number of anilines is 3. The number of aromatic nitrogens is 3. The molecule has 2 aromatic heterocycles. The maximum atomic E-state index is 11.5. The van der Waals surface area contributed by atoms with Gasteiger partial charge >= 0.3 is 5.97 Å². The standard InChI is InChI=1S/C19H26N6O2/c1-11(2)13-8-5-9-16(21-13)23-15-10-17(24-25-18(15)19(26)27)22-14-7-4-3-6-12(14)20/h5,8-12,14H,3-4,6-7,20H2,1-2H3,(H,26,27)(H2,21,22,23,24)/t12-,14+/m0/s1. The molecule has 0 radical (unpaired) electrons. The van der Waals surface area contributed by atoms with Crippen molar-refractivity contribution in [3.63, 3.8) is 0 Å². The Morgan fingerprint density at radius 2 is 2.00 bits per heavy atom. The topological polar surface area (TPSA) is 126 Å². The Balaban J connectivity index is 1.85. The summed E-state index contributed by atoms with van der Waals surface area (Å²) in [5.74, 6) is 0.194. The van der Waals surface area contributed by atoms with Gasteiger partial charge in [0.2, 0.25) is 0 Å². The van der Waals surface area contributed by atoms with Crippen LogP contribution in [0.25, 0.3) is 0 Å². The summed E-state index contributed by atoms with van der Waals surface area (Å²) >= 11 is 0. The number of nitrogens with two attached hydrogens (primary N) is 1. The lowest BCUT2D eigenvalue weighted by Gasteiger charge is -2.29. The number of rotatable bonds is 6. The van der Waals surface area contributed by atoms with Crippen LogP contribution in [0.15, 0.2) is 24.3 Å². The predicted molar refractivity (Wildman–Crippen MR) is 104 cm³/mol. The van der Waals surface area contributed by atoms with Gasteiger partial charge in [0.1, 0.15) is 5.82 Å². The smallest absolute Gasteiger partial charge is 0.358 e. The molecule has 0 aromatic carbocycles. The second kappa shape index (κ2) is 8.30. The lowest BCUT2D eigenvalue weighted by atomic mass is 9.91. The zero-order chi connectivity index (χ0) is 19.4. The highest BCUT2D eigenvalue weighted by Crippen LogP contribution is 2.25. The summed E-state index contributed by atoms with van der Waals surface area (Å²) < 4.78 is 0. The zero-order valence-electron chi connectivity index (χ0n) is 15.6. The number of hydrogen-bond donors (Lipinski definition) is 4. The van der Waals surface area contributed by atoms with Crippen LogP contribution in [0.1, 0.15) is 61.6 Å². The van der Waals surface area contributed by atoms with Crippen LogP contribution in [0, 0.1) is 0 Å². The monoisotopic (exact) mass is 370 g/mol. The van der Waals surface area contributed by atoms with E-state index in [0.717, 1.165) is 31.4 Å². The molecule has 0 amide bonds. The molecule has 1 fully saturated rings. The fourth-order valence-corrected chi connectivity index (χ4v) is 3.22. The molecule has 5 N–H and O–H groups in total. The fourth-order valence-electron chi connectivity index (χ4n) is 3.22. The largest absolute Gasteiger partial charge is 0.476 e. The van der Waals surface area contributed by atoms with E-state index in [-0.39, 0.29) is 23.7 Å². The molecule has 0 saturated heterocycles. The molecule has 2 atom stereocenters. The van der Waals surface area contributed by atoms with E-state index in [1.165, 1.54) is 0 Å². The molecule has 2 heterocycles. The van der Waals surface area contributed by atoms with E-state index in [4.69, 9.17) is 5.73 Å². The molecule has 0 bridgehead atoms. The maximum absolute atomic E-state index is 11.5. The first kappa shape index (κ1) is 19.0. The molecule has 0 aliphatic heterocycles. The molecule has 144 valence electrons. The minimum atomic E-state index is -1.15. The van der Waals surface area contributed by atoms with Crippen molar-refractivity contribution in [2.45, 2.75) is 57.5 Å². The molecule has 3 rings (SSSR count). The number of hydrogen-bond acceptors (Lipinski definition) is 7. The molecule has 0 unspecified atom stereocenters. The number of aromatic carboxylic acids is 1. The van der Waals surface area contributed by atoms with E-state index in [1.807, 2.05) is 12.1 Å². The lowest BCUT2D eigenvalue weighted by molar-refractivity contribution is 0.0690. The number of carboxylic acid groups (broad SMARTS) is 1. The van der Waals surface area contributed by atoms with Crippen LogP contribution >= 0.6 is 0 Å². The third-order valence-corrected chi connectivity index (χ3v) is 4.77. The van der Waals surface area contributed by atoms with E-state index in [0.29, 0.717) is 17.3 Å². The second-order valence-corrected chi connectivity index (χ2v) is 7.22.